The summed E-state index contributed by atoms with van der Waals surface area (Å²) >= 11 is 0. The van der Waals surface area contributed by atoms with Crippen molar-refractivity contribution < 1.29 is 16.8 Å². The Balaban J connectivity index is 2.24. The monoisotopic (exact) mass is 445 g/mol. The van der Waals surface area contributed by atoms with Crippen molar-refractivity contribution >= 4 is 19.7 Å². The number of hydrogen-bond donors (Lipinski definition) is 0. The summed E-state index contributed by atoms with van der Waals surface area (Å²) in [4.78, 5) is 0. The van der Waals surface area contributed by atoms with Crippen molar-refractivity contribution in [2.24, 2.45) is 5.92 Å². The fourth-order valence-electron chi connectivity index (χ4n) is 4.09. The molecule has 0 aromatic carbocycles. The molecular weight excluding hydrogens is 404 g/mol. The molecule has 0 saturated carbocycles. The lowest BCUT2D eigenvalue weighted by atomic mass is 9.94. The maximum atomic E-state index is 12.8. The highest BCUT2D eigenvalue weighted by Gasteiger charge is 2.50. The average Bonchev–Trinajstić information content (AvgIpc) is 2.68. The van der Waals surface area contributed by atoms with Gasteiger partial charge < -0.3 is 0 Å². The molecule has 0 aliphatic heterocycles. The first-order valence-corrected chi connectivity index (χ1v) is 14.9. The van der Waals surface area contributed by atoms with Crippen LogP contribution in [0.2, 0.25) is 0 Å². The first kappa shape index (κ1) is 26.4. The fourth-order valence-corrected chi connectivity index (χ4v) is 8.31. The second kappa shape index (κ2) is 12.9. The number of rotatable bonds is 16. The van der Waals surface area contributed by atoms with Crippen LogP contribution in [0.1, 0.15) is 90.9 Å². The molecule has 1 aliphatic rings. The molecule has 0 N–H and O–H groups in total. The average molecular weight is 446 g/mol. The van der Waals surface area contributed by atoms with E-state index in [9.17, 15) is 16.8 Å². The van der Waals surface area contributed by atoms with E-state index in [1.807, 2.05) is 0 Å². The van der Waals surface area contributed by atoms with E-state index in [1.54, 1.807) is 6.08 Å². The van der Waals surface area contributed by atoms with Gasteiger partial charge in [0.2, 0.25) is 0 Å². The molecule has 0 bridgehead atoms. The van der Waals surface area contributed by atoms with Gasteiger partial charge in [0.1, 0.15) is 0 Å². The van der Waals surface area contributed by atoms with Crippen molar-refractivity contribution in [2.45, 2.75) is 95.0 Å². The number of hydrogen-bond acceptors (Lipinski definition) is 4. The molecule has 29 heavy (non-hydrogen) atoms. The van der Waals surface area contributed by atoms with Crippen LogP contribution in [0.25, 0.3) is 0 Å². The van der Waals surface area contributed by atoms with Gasteiger partial charge in [-0.3, -0.25) is 0 Å². The first-order valence-electron chi connectivity index (χ1n) is 11.3. The van der Waals surface area contributed by atoms with Crippen LogP contribution in [0.5, 0.6) is 0 Å². The lowest BCUT2D eigenvalue weighted by Crippen LogP contribution is -2.46. The topological polar surface area (TPSA) is 68.3 Å². The van der Waals surface area contributed by atoms with Gasteiger partial charge in [0.25, 0.3) is 0 Å². The Morgan fingerprint density at radius 2 is 1.34 bits per heavy atom. The third kappa shape index (κ3) is 8.20. The van der Waals surface area contributed by atoms with Gasteiger partial charge in [0.05, 0.1) is 5.75 Å². The molecule has 0 heterocycles. The summed E-state index contributed by atoms with van der Waals surface area (Å²) in [5.74, 6) is 0.800. The zero-order chi connectivity index (χ0) is 21.8. The molecule has 6 heteroatoms. The highest BCUT2D eigenvalue weighted by Crippen LogP contribution is 2.33. The van der Waals surface area contributed by atoms with Gasteiger partial charge in [0.15, 0.2) is 23.8 Å². The standard InChI is InChI=1S/C23H41O4S2/c1-4-17-22(5-2)18-13-10-8-6-7-9-11-16-21-29(26,27)23(28(3,24)25)19-14-12-15-20-23/h12,14-15,19-20,22H,4-11,13,16-18,21H2,1-3H3. The molecule has 4 nitrogen and oxygen atoms in total. The molecule has 1 rings (SSSR count). The summed E-state index contributed by atoms with van der Waals surface area (Å²) in [6.45, 7) is 4.55. The highest BCUT2D eigenvalue weighted by atomic mass is 32.3. The number of allylic oxidation sites excluding steroid dienone is 3. The maximum Gasteiger partial charge on any atom is 0.198 e. The van der Waals surface area contributed by atoms with E-state index in [-0.39, 0.29) is 5.75 Å². The van der Waals surface area contributed by atoms with Gasteiger partial charge >= 0.3 is 0 Å². The second-order valence-electron chi connectivity index (χ2n) is 8.40. The minimum Gasteiger partial charge on any atom is -0.227 e. The van der Waals surface area contributed by atoms with E-state index in [0.29, 0.717) is 6.42 Å². The van der Waals surface area contributed by atoms with Crippen LogP contribution in [0.4, 0.5) is 0 Å². The van der Waals surface area contributed by atoms with Gasteiger partial charge in [-0.1, -0.05) is 103 Å². The molecule has 0 spiro atoms. The quantitative estimate of drug-likeness (QED) is 0.281. The second-order valence-corrected chi connectivity index (χ2v) is 13.2. The predicted octanol–water partition coefficient (Wildman–Crippen LogP) is 5.81. The third-order valence-corrected chi connectivity index (χ3v) is 11.2. The van der Waals surface area contributed by atoms with Crippen LogP contribution in [0.15, 0.2) is 24.3 Å². The number of sulfone groups is 2. The largest absolute Gasteiger partial charge is 0.227 e. The smallest absolute Gasteiger partial charge is 0.198 e. The highest BCUT2D eigenvalue weighted by molar-refractivity contribution is 8.10. The Morgan fingerprint density at radius 1 is 0.759 bits per heavy atom. The van der Waals surface area contributed by atoms with Crippen molar-refractivity contribution in [1.29, 1.82) is 0 Å². The molecule has 2 unspecified atom stereocenters. The van der Waals surface area contributed by atoms with Crippen molar-refractivity contribution in [3.8, 4) is 0 Å². The van der Waals surface area contributed by atoms with Crippen LogP contribution >= 0.6 is 0 Å². The van der Waals surface area contributed by atoms with E-state index >= 15 is 0 Å². The Kier molecular flexibility index (Phi) is 11.8. The van der Waals surface area contributed by atoms with E-state index in [4.69, 9.17) is 0 Å². The zero-order valence-electron chi connectivity index (χ0n) is 18.6. The van der Waals surface area contributed by atoms with Crippen molar-refractivity contribution in [3.05, 3.63) is 30.7 Å². The SMILES string of the molecule is CCCC(CC)CCCCCCCCCCS(=O)(=O)C1(S(C)(=O)=O)[CH]C=CC=C1. The molecular formula is C23H41O4S2. The van der Waals surface area contributed by atoms with Gasteiger partial charge in [-0.05, 0) is 18.4 Å². The molecule has 0 aromatic rings. The minimum atomic E-state index is -3.80. The molecule has 0 aromatic heterocycles. The van der Waals surface area contributed by atoms with Crippen LogP contribution < -0.4 is 0 Å². The summed E-state index contributed by atoms with van der Waals surface area (Å²) in [6, 6.07) is 0. The molecule has 0 saturated heterocycles. The Morgan fingerprint density at radius 3 is 1.83 bits per heavy atom. The Hall–Kier alpha value is -0.620. The Labute approximate surface area is 180 Å². The van der Waals surface area contributed by atoms with Crippen LogP contribution in [-0.2, 0) is 19.7 Å². The lowest BCUT2D eigenvalue weighted by molar-refractivity contribution is 0.407. The van der Waals surface area contributed by atoms with Crippen molar-refractivity contribution in [2.75, 3.05) is 12.0 Å². The maximum absolute atomic E-state index is 12.8. The summed E-state index contributed by atoms with van der Waals surface area (Å²) in [6.07, 6.45) is 22.1. The van der Waals surface area contributed by atoms with Crippen LogP contribution in [0, 0.1) is 12.3 Å². The van der Waals surface area contributed by atoms with E-state index in [2.05, 4.69) is 13.8 Å². The normalized spacial score (nSPS) is 20.8. The minimum absolute atomic E-state index is 0.0927. The summed E-state index contributed by atoms with van der Waals surface area (Å²) in [7, 11) is -7.60. The molecule has 0 fully saturated rings. The van der Waals surface area contributed by atoms with Crippen LogP contribution in [0.3, 0.4) is 0 Å². The van der Waals surface area contributed by atoms with Gasteiger partial charge in [-0.15, -0.1) is 0 Å². The lowest BCUT2D eigenvalue weighted by Gasteiger charge is -2.28. The van der Waals surface area contributed by atoms with Gasteiger partial charge in [0, 0.05) is 12.7 Å². The van der Waals surface area contributed by atoms with Gasteiger partial charge in [-0.2, -0.15) is 0 Å². The molecule has 0 amide bonds. The molecule has 1 radical (unpaired) electrons. The Bertz CT molecular complexity index is 720. The van der Waals surface area contributed by atoms with E-state index in [0.717, 1.165) is 31.4 Å². The summed E-state index contributed by atoms with van der Waals surface area (Å²) in [5.41, 5.74) is 0. The number of unbranched alkanes of at least 4 members (excludes halogenated alkanes) is 7. The third-order valence-electron chi connectivity index (χ3n) is 5.99. The first-order chi connectivity index (χ1) is 13.7. The molecule has 1 aliphatic carbocycles. The molecule has 169 valence electrons. The van der Waals surface area contributed by atoms with Crippen LogP contribution in [-0.4, -0.2) is 32.9 Å². The molecule has 2 atom stereocenters. The van der Waals surface area contributed by atoms with Crippen molar-refractivity contribution in [1.82, 2.24) is 0 Å². The van der Waals surface area contributed by atoms with E-state index < -0.39 is 23.8 Å². The summed E-state index contributed by atoms with van der Waals surface area (Å²) < 4.78 is 48.1. The zero-order valence-corrected chi connectivity index (χ0v) is 20.2. The fraction of sp³-hybridized carbons (Fsp3) is 0.783. The van der Waals surface area contributed by atoms with Crippen molar-refractivity contribution in [3.63, 3.8) is 0 Å². The predicted molar refractivity (Wildman–Crippen MR) is 124 cm³/mol. The summed E-state index contributed by atoms with van der Waals surface area (Å²) in [5, 5.41) is 0. The van der Waals surface area contributed by atoms with Gasteiger partial charge in [-0.25, -0.2) is 16.8 Å². The van der Waals surface area contributed by atoms with E-state index in [1.165, 1.54) is 76.0 Å².